The van der Waals surface area contributed by atoms with E-state index in [1.165, 1.54) is 59.9 Å². The molecule has 0 bridgehead atoms. The molecule has 0 aliphatic heterocycles. The Labute approximate surface area is 241 Å². The van der Waals surface area contributed by atoms with Crippen LogP contribution < -0.4 is 10.2 Å². The van der Waals surface area contributed by atoms with Crippen LogP contribution in [-0.4, -0.2) is 48.3 Å². The number of anilines is 2. The zero-order valence-electron chi connectivity index (χ0n) is 24.4. The summed E-state index contributed by atoms with van der Waals surface area (Å²) in [5, 5.41) is 13.0. The number of fused-ring (bicyclic) bond motifs is 1. The minimum absolute atomic E-state index is 0.147. The van der Waals surface area contributed by atoms with Crippen molar-refractivity contribution < 1.29 is 19.4 Å². The molecular weight excluding hydrogens is 520 g/mol. The Hall–Kier alpha value is -3.69. The Bertz CT molecular complexity index is 1350. The van der Waals surface area contributed by atoms with Gasteiger partial charge >= 0.3 is 12.1 Å². The fourth-order valence-corrected chi connectivity index (χ4v) is 5.90. The zero-order chi connectivity index (χ0) is 29.0. The van der Waals surface area contributed by atoms with E-state index in [-0.39, 0.29) is 25.1 Å². The molecule has 2 aliphatic carbocycles. The third-order valence-corrected chi connectivity index (χ3v) is 7.96. The molecule has 2 aromatic heterocycles. The summed E-state index contributed by atoms with van der Waals surface area (Å²) in [5.41, 5.74) is 2.39. The van der Waals surface area contributed by atoms with Gasteiger partial charge in [0.25, 0.3) is 0 Å². The van der Waals surface area contributed by atoms with Crippen LogP contribution in [0.5, 0.6) is 0 Å². The van der Waals surface area contributed by atoms with E-state index < -0.39 is 17.7 Å². The normalized spacial score (nSPS) is 17.0. The van der Waals surface area contributed by atoms with Gasteiger partial charge in [0.15, 0.2) is 17.0 Å². The second kappa shape index (κ2) is 12.4. The first kappa shape index (κ1) is 28.8. The summed E-state index contributed by atoms with van der Waals surface area (Å²) >= 11 is 0. The van der Waals surface area contributed by atoms with Crippen molar-refractivity contribution in [3.05, 3.63) is 41.7 Å². The molecule has 2 fully saturated rings. The average Bonchev–Trinajstić information content (AvgIpc) is 3.34. The predicted octanol–water partition coefficient (Wildman–Crippen LogP) is 6.64. The van der Waals surface area contributed by atoms with Gasteiger partial charge in [0, 0.05) is 6.04 Å². The molecule has 2 heterocycles. The zero-order valence-corrected chi connectivity index (χ0v) is 24.4. The van der Waals surface area contributed by atoms with Crippen LogP contribution in [0.2, 0.25) is 0 Å². The largest absolute Gasteiger partial charge is 0.480 e. The molecule has 0 radical (unpaired) electrons. The monoisotopic (exact) mass is 562 g/mol. The summed E-state index contributed by atoms with van der Waals surface area (Å²) in [6.45, 7) is 5.38. The third-order valence-electron chi connectivity index (χ3n) is 7.96. The molecule has 10 nitrogen and oxygen atoms in total. The van der Waals surface area contributed by atoms with Gasteiger partial charge in [0.1, 0.15) is 12.1 Å². The highest BCUT2D eigenvalue weighted by atomic mass is 16.6. The van der Waals surface area contributed by atoms with Crippen LogP contribution in [0, 0.1) is 0 Å². The molecule has 1 aromatic carbocycles. The van der Waals surface area contributed by atoms with Crippen molar-refractivity contribution in [1.82, 2.24) is 19.5 Å². The lowest BCUT2D eigenvalue weighted by molar-refractivity contribution is -0.137. The quantitative estimate of drug-likeness (QED) is 0.313. The van der Waals surface area contributed by atoms with Crippen molar-refractivity contribution in [2.45, 2.75) is 116 Å². The fourth-order valence-electron chi connectivity index (χ4n) is 5.90. The molecule has 2 saturated carbocycles. The number of rotatable bonds is 8. The molecule has 0 saturated heterocycles. The first-order chi connectivity index (χ1) is 19.7. The molecule has 1 amide bonds. The van der Waals surface area contributed by atoms with E-state index in [1.54, 1.807) is 0 Å². The number of imidazole rings is 1. The van der Waals surface area contributed by atoms with Crippen molar-refractivity contribution in [2.75, 3.05) is 10.2 Å². The molecule has 0 unspecified atom stereocenters. The molecule has 3 aromatic rings. The van der Waals surface area contributed by atoms with Crippen LogP contribution in [0.1, 0.15) is 102 Å². The lowest BCUT2D eigenvalue weighted by atomic mass is 9.84. The van der Waals surface area contributed by atoms with Gasteiger partial charge in [-0.2, -0.15) is 9.97 Å². The maximum atomic E-state index is 13.6. The van der Waals surface area contributed by atoms with Crippen molar-refractivity contribution in [1.29, 1.82) is 0 Å². The number of carboxylic acid groups (broad SMARTS) is 1. The standard InChI is InChI=1S/C31H42N6O4/c1-31(2,3)41-30(40)37(18-21-14-16-23(17-15-21)22-10-6-4-7-11-22)29-34-27(33-24-12-8-5-9-13-24)26-28(35-29)36(20-32-26)19-25(38)39/h14-17,20,22,24H,4-13,18-19H2,1-3H3,(H,38,39)(H,33,34,35). The van der Waals surface area contributed by atoms with Gasteiger partial charge in [-0.3, -0.25) is 4.79 Å². The number of carboxylic acids is 1. The van der Waals surface area contributed by atoms with Crippen molar-refractivity contribution in [3.63, 3.8) is 0 Å². The molecule has 0 atom stereocenters. The minimum Gasteiger partial charge on any atom is -0.480 e. The van der Waals surface area contributed by atoms with E-state index in [1.807, 2.05) is 20.8 Å². The number of benzene rings is 1. The van der Waals surface area contributed by atoms with E-state index in [0.29, 0.717) is 22.9 Å². The van der Waals surface area contributed by atoms with Gasteiger partial charge in [-0.05, 0) is 63.5 Å². The second-order valence-corrected chi connectivity index (χ2v) is 12.4. The highest BCUT2D eigenvalue weighted by Crippen LogP contribution is 2.33. The minimum atomic E-state index is -1.01. The Balaban J connectivity index is 1.51. The van der Waals surface area contributed by atoms with Gasteiger partial charge in [-0.1, -0.05) is 62.8 Å². The third kappa shape index (κ3) is 7.34. The molecule has 2 N–H and O–H groups in total. The highest BCUT2D eigenvalue weighted by molar-refractivity contribution is 5.90. The first-order valence-corrected chi connectivity index (χ1v) is 15.0. The number of aliphatic carboxylic acids is 1. The molecule has 220 valence electrons. The lowest BCUT2D eigenvalue weighted by Gasteiger charge is -2.27. The SMILES string of the molecule is CC(C)(C)OC(=O)N(Cc1ccc(C2CCCCC2)cc1)c1nc(NC2CCCCC2)c2ncn(CC(=O)O)c2n1. The van der Waals surface area contributed by atoms with Crippen LogP contribution in [0.3, 0.4) is 0 Å². The smallest absolute Gasteiger partial charge is 0.417 e. The first-order valence-electron chi connectivity index (χ1n) is 15.0. The summed E-state index contributed by atoms with van der Waals surface area (Å²) in [6, 6.07) is 8.69. The molecular formula is C31H42N6O4. The van der Waals surface area contributed by atoms with E-state index in [0.717, 1.165) is 31.2 Å². The Morgan fingerprint density at radius 1 is 1.00 bits per heavy atom. The number of amides is 1. The number of aromatic nitrogens is 4. The van der Waals surface area contributed by atoms with Crippen molar-refractivity contribution >= 4 is 35.0 Å². The average molecular weight is 563 g/mol. The second-order valence-electron chi connectivity index (χ2n) is 12.4. The predicted molar refractivity (Wildman–Crippen MR) is 158 cm³/mol. The van der Waals surface area contributed by atoms with E-state index in [4.69, 9.17) is 14.7 Å². The number of hydrogen-bond donors (Lipinski definition) is 2. The van der Waals surface area contributed by atoms with Crippen LogP contribution in [0.4, 0.5) is 16.6 Å². The van der Waals surface area contributed by atoms with E-state index in [2.05, 4.69) is 34.6 Å². The summed E-state index contributed by atoms with van der Waals surface area (Å²) in [4.78, 5) is 40.6. The van der Waals surface area contributed by atoms with Crippen LogP contribution >= 0.6 is 0 Å². The van der Waals surface area contributed by atoms with Crippen LogP contribution in [-0.2, 0) is 22.6 Å². The number of nitrogens with zero attached hydrogens (tertiary/aromatic N) is 5. The van der Waals surface area contributed by atoms with E-state index in [9.17, 15) is 14.7 Å². The number of ether oxygens (including phenoxy) is 1. The summed E-state index contributed by atoms with van der Waals surface area (Å²) in [7, 11) is 0. The Morgan fingerprint density at radius 3 is 2.29 bits per heavy atom. The Kier molecular flexibility index (Phi) is 8.75. The summed E-state index contributed by atoms with van der Waals surface area (Å²) in [6.07, 6.45) is 12.7. The lowest BCUT2D eigenvalue weighted by Crippen LogP contribution is -2.37. The fraction of sp³-hybridized carbons (Fsp3) is 0.581. The number of nitrogens with one attached hydrogen (secondary N) is 1. The summed E-state index contributed by atoms with van der Waals surface area (Å²) in [5.74, 6) is 0.234. The molecule has 10 heteroatoms. The highest BCUT2D eigenvalue weighted by Gasteiger charge is 2.28. The van der Waals surface area contributed by atoms with Gasteiger partial charge in [0.2, 0.25) is 5.95 Å². The maximum Gasteiger partial charge on any atom is 0.417 e. The number of carbonyl (C=O) groups is 2. The van der Waals surface area contributed by atoms with Gasteiger partial charge in [-0.25, -0.2) is 14.7 Å². The van der Waals surface area contributed by atoms with E-state index >= 15 is 0 Å². The van der Waals surface area contributed by atoms with Crippen LogP contribution in [0.25, 0.3) is 11.2 Å². The number of hydrogen-bond acceptors (Lipinski definition) is 7. The molecule has 2 aliphatic rings. The topological polar surface area (TPSA) is 122 Å². The van der Waals surface area contributed by atoms with Gasteiger partial charge in [0.05, 0.1) is 12.9 Å². The van der Waals surface area contributed by atoms with Crippen LogP contribution in [0.15, 0.2) is 30.6 Å². The van der Waals surface area contributed by atoms with Gasteiger partial charge in [-0.15, -0.1) is 0 Å². The van der Waals surface area contributed by atoms with Crippen molar-refractivity contribution in [3.8, 4) is 0 Å². The maximum absolute atomic E-state index is 13.6. The molecule has 0 spiro atoms. The van der Waals surface area contributed by atoms with Gasteiger partial charge < -0.3 is 19.7 Å². The number of carbonyl (C=O) groups excluding carboxylic acids is 1. The molecule has 5 rings (SSSR count). The Morgan fingerprint density at radius 2 is 1.66 bits per heavy atom. The molecule has 41 heavy (non-hydrogen) atoms. The summed E-state index contributed by atoms with van der Waals surface area (Å²) < 4.78 is 7.27. The van der Waals surface area contributed by atoms with Crippen molar-refractivity contribution in [2.24, 2.45) is 0 Å².